The molecule has 0 aromatic heterocycles. The van der Waals surface area contributed by atoms with Gasteiger partial charge in [0.05, 0.1) is 30.8 Å². The van der Waals surface area contributed by atoms with E-state index in [1.165, 1.54) is 0 Å². The van der Waals surface area contributed by atoms with Crippen molar-refractivity contribution in [2.45, 2.75) is 0 Å². The molecule has 1 aromatic carbocycles. The Morgan fingerprint density at radius 1 is 1.06 bits per heavy atom. The molecule has 0 heterocycles. The molecular formula is C13H12N4O. The van der Waals surface area contributed by atoms with E-state index in [9.17, 15) is 0 Å². The predicted molar refractivity (Wildman–Crippen MR) is 64.3 cm³/mol. The number of hydrogen-bond donors (Lipinski definition) is 0. The van der Waals surface area contributed by atoms with Crippen molar-refractivity contribution in [1.82, 2.24) is 4.90 Å². The van der Waals surface area contributed by atoms with Crippen LogP contribution in [0.15, 0.2) is 24.3 Å². The van der Waals surface area contributed by atoms with Crippen LogP contribution in [-0.4, -0.2) is 31.1 Å². The molecule has 18 heavy (non-hydrogen) atoms. The number of para-hydroxylation sites is 1. The average molecular weight is 240 g/mol. The summed E-state index contributed by atoms with van der Waals surface area (Å²) in [6, 6.07) is 13.0. The second-order valence-electron chi connectivity index (χ2n) is 3.48. The number of nitriles is 3. The minimum atomic E-state index is 0.191. The standard InChI is InChI=1S/C13H12N4O/c14-5-7-17(8-6-15)9-10-18-13-4-2-1-3-12(13)11-16/h1-4H,7-10H2. The zero-order valence-corrected chi connectivity index (χ0v) is 9.83. The van der Waals surface area contributed by atoms with Crippen LogP contribution in [0.5, 0.6) is 5.75 Å². The smallest absolute Gasteiger partial charge is 0.137 e. The Labute approximate surface area is 106 Å². The number of benzene rings is 1. The third kappa shape index (κ3) is 4.14. The summed E-state index contributed by atoms with van der Waals surface area (Å²) in [4.78, 5) is 1.68. The van der Waals surface area contributed by atoms with Gasteiger partial charge in [-0.05, 0) is 12.1 Å². The fraction of sp³-hybridized carbons (Fsp3) is 0.308. The highest BCUT2D eigenvalue weighted by molar-refractivity contribution is 5.42. The monoisotopic (exact) mass is 240 g/mol. The van der Waals surface area contributed by atoms with Crippen LogP contribution in [0, 0.1) is 34.0 Å². The van der Waals surface area contributed by atoms with Crippen LogP contribution < -0.4 is 4.74 Å². The van der Waals surface area contributed by atoms with Gasteiger partial charge >= 0.3 is 0 Å². The van der Waals surface area contributed by atoms with Crippen molar-refractivity contribution in [3.63, 3.8) is 0 Å². The Kier molecular flexibility index (Phi) is 5.77. The van der Waals surface area contributed by atoms with Gasteiger partial charge in [0.25, 0.3) is 0 Å². The first-order chi connectivity index (χ1) is 8.81. The summed E-state index contributed by atoms with van der Waals surface area (Å²) in [5.74, 6) is 0.522. The molecule has 1 rings (SSSR count). The van der Waals surface area contributed by atoms with Gasteiger partial charge in [-0.2, -0.15) is 15.8 Å². The molecule has 0 N–H and O–H groups in total. The summed E-state index contributed by atoms with van der Waals surface area (Å²) in [7, 11) is 0. The first-order valence-corrected chi connectivity index (χ1v) is 5.40. The summed E-state index contributed by atoms with van der Waals surface area (Å²) in [6.45, 7) is 1.19. The lowest BCUT2D eigenvalue weighted by atomic mass is 10.2. The van der Waals surface area contributed by atoms with E-state index in [0.29, 0.717) is 24.5 Å². The molecule has 5 nitrogen and oxygen atoms in total. The molecule has 90 valence electrons. The molecule has 0 radical (unpaired) electrons. The number of hydrogen-bond acceptors (Lipinski definition) is 5. The molecule has 0 bridgehead atoms. The van der Waals surface area contributed by atoms with Crippen molar-refractivity contribution in [3.8, 4) is 24.0 Å². The van der Waals surface area contributed by atoms with E-state index in [2.05, 4.69) is 0 Å². The van der Waals surface area contributed by atoms with Crippen molar-refractivity contribution in [2.24, 2.45) is 0 Å². The fourth-order valence-corrected chi connectivity index (χ4v) is 1.38. The van der Waals surface area contributed by atoms with Crippen LogP contribution in [-0.2, 0) is 0 Å². The first kappa shape index (κ1) is 13.5. The lowest BCUT2D eigenvalue weighted by Gasteiger charge is -2.15. The van der Waals surface area contributed by atoms with Gasteiger partial charge < -0.3 is 4.74 Å². The molecule has 0 unspecified atom stereocenters. The van der Waals surface area contributed by atoms with Gasteiger partial charge in [0.2, 0.25) is 0 Å². The minimum absolute atomic E-state index is 0.191. The molecule has 0 aliphatic carbocycles. The van der Waals surface area contributed by atoms with Gasteiger partial charge in [0.1, 0.15) is 18.4 Å². The Balaban J connectivity index is 2.48. The summed E-state index contributed by atoms with van der Waals surface area (Å²) in [6.07, 6.45) is 0. The van der Waals surface area contributed by atoms with Crippen LogP contribution in [0.25, 0.3) is 0 Å². The normalized spacial score (nSPS) is 9.22. The van der Waals surface area contributed by atoms with Crippen LogP contribution in [0.2, 0.25) is 0 Å². The predicted octanol–water partition coefficient (Wildman–Crippen LogP) is 1.29. The molecule has 5 heteroatoms. The molecule has 0 aliphatic heterocycles. The fourth-order valence-electron chi connectivity index (χ4n) is 1.38. The topological polar surface area (TPSA) is 83.8 Å². The molecule has 0 atom stereocenters. The molecular weight excluding hydrogens is 228 g/mol. The van der Waals surface area contributed by atoms with Gasteiger partial charge in [-0.25, -0.2) is 0 Å². The lowest BCUT2D eigenvalue weighted by molar-refractivity contribution is 0.239. The lowest BCUT2D eigenvalue weighted by Crippen LogP contribution is -2.29. The summed E-state index contributed by atoms with van der Waals surface area (Å²) in [5.41, 5.74) is 0.476. The number of rotatable bonds is 6. The van der Waals surface area contributed by atoms with Gasteiger partial charge in [-0.15, -0.1) is 0 Å². The first-order valence-electron chi connectivity index (χ1n) is 5.40. The van der Waals surface area contributed by atoms with Gasteiger partial charge in [0.15, 0.2) is 0 Å². The van der Waals surface area contributed by atoms with Crippen molar-refractivity contribution < 1.29 is 4.74 Å². The van der Waals surface area contributed by atoms with Crippen LogP contribution in [0.1, 0.15) is 5.56 Å². The maximum Gasteiger partial charge on any atom is 0.137 e. The van der Waals surface area contributed by atoms with Crippen LogP contribution in [0.3, 0.4) is 0 Å². The Bertz CT molecular complexity index is 491. The van der Waals surface area contributed by atoms with E-state index in [0.717, 1.165) is 0 Å². The second kappa shape index (κ2) is 7.68. The maximum atomic E-state index is 8.87. The average Bonchev–Trinajstić information content (AvgIpc) is 2.40. The third-order valence-electron chi connectivity index (χ3n) is 2.26. The molecule has 0 spiro atoms. The molecule has 0 saturated heterocycles. The Morgan fingerprint density at radius 3 is 2.33 bits per heavy atom. The van der Waals surface area contributed by atoms with Crippen molar-refractivity contribution in [2.75, 3.05) is 26.2 Å². The van der Waals surface area contributed by atoms with Crippen molar-refractivity contribution in [1.29, 1.82) is 15.8 Å². The van der Waals surface area contributed by atoms with Crippen molar-refractivity contribution >= 4 is 0 Å². The summed E-state index contributed by atoms with van der Waals surface area (Å²) >= 11 is 0. The maximum absolute atomic E-state index is 8.87. The van der Waals surface area contributed by atoms with E-state index >= 15 is 0 Å². The number of nitrogens with zero attached hydrogens (tertiary/aromatic N) is 4. The minimum Gasteiger partial charge on any atom is -0.491 e. The third-order valence-corrected chi connectivity index (χ3v) is 2.26. The largest absolute Gasteiger partial charge is 0.491 e. The van der Waals surface area contributed by atoms with E-state index in [4.69, 9.17) is 20.5 Å². The van der Waals surface area contributed by atoms with Crippen LogP contribution >= 0.6 is 0 Å². The number of ether oxygens (including phenoxy) is 1. The van der Waals surface area contributed by atoms with E-state index < -0.39 is 0 Å². The van der Waals surface area contributed by atoms with Gasteiger partial charge in [0, 0.05) is 6.54 Å². The highest BCUT2D eigenvalue weighted by Gasteiger charge is 2.05. The van der Waals surface area contributed by atoms with Gasteiger partial charge in [-0.3, -0.25) is 4.90 Å². The summed E-state index contributed by atoms with van der Waals surface area (Å²) in [5, 5.41) is 26.0. The molecule has 1 aromatic rings. The highest BCUT2D eigenvalue weighted by atomic mass is 16.5. The second-order valence-corrected chi connectivity index (χ2v) is 3.48. The SMILES string of the molecule is N#CCN(CC#N)CCOc1ccccc1C#N. The van der Waals surface area contributed by atoms with Crippen LogP contribution in [0.4, 0.5) is 0 Å². The quantitative estimate of drug-likeness (QED) is 0.699. The van der Waals surface area contributed by atoms with E-state index in [1.54, 1.807) is 29.2 Å². The Morgan fingerprint density at radius 2 is 1.72 bits per heavy atom. The zero-order valence-electron chi connectivity index (χ0n) is 9.83. The van der Waals surface area contributed by atoms with Crippen molar-refractivity contribution in [3.05, 3.63) is 29.8 Å². The van der Waals surface area contributed by atoms with E-state index in [1.807, 2.05) is 18.2 Å². The molecule has 0 fully saturated rings. The Hall–Kier alpha value is -2.55. The molecule has 0 aliphatic rings. The zero-order chi connectivity index (χ0) is 13.2. The molecule has 0 amide bonds. The van der Waals surface area contributed by atoms with E-state index in [-0.39, 0.29) is 13.1 Å². The van der Waals surface area contributed by atoms with Gasteiger partial charge in [-0.1, -0.05) is 12.1 Å². The highest BCUT2D eigenvalue weighted by Crippen LogP contribution is 2.16. The summed E-state index contributed by atoms with van der Waals surface area (Å²) < 4.78 is 5.47. The molecule has 0 saturated carbocycles.